The van der Waals surface area contributed by atoms with E-state index in [-0.39, 0.29) is 0 Å². The van der Waals surface area contributed by atoms with Gasteiger partial charge >= 0.3 is 5.97 Å². The highest BCUT2D eigenvalue weighted by Crippen LogP contribution is 2.36. The Hall–Kier alpha value is -1.26. The van der Waals surface area contributed by atoms with E-state index in [1.807, 2.05) is 0 Å². The van der Waals surface area contributed by atoms with Crippen LogP contribution in [0, 0.1) is 0 Å². The summed E-state index contributed by atoms with van der Waals surface area (Å²) < 4.78 is 10.1. The number of carbonyl (C=O) groups is 2. The van der Waals surface area contributed by atoms with E-state index >= 15 is 0 Å². The van der Waals surface area contributed by atoms with Crippen molar-refractivity contribution in [1.29, 1.82) is 0 Å². The van der Waals surface area contributed by atoms with Crippen LogP contribution in [0.15, 0.2) is 0 Å². The summed E-state index contributed by atoms with van der Waals surface area (Å²) in [4.78, 5) is 22.8. The second-order valence-electron chi connectivity index (χ2n) is 4.98. The number of nitrogens with one attached hydrogen (secondary N) is 1. The number of fused-ring (bicyclic) bond motifs is 2. The molecule has 2 heterocycles. The Balaban J connectivity index is 2.30. The van der Waals surface area contributed by atoms with Crippen molar-refractivity contribution < 1.29 is 39.5 Å². The first kappa shape index (κ1) is 15.1. The Morgan fingerprint density at radius 1 is 1.60 bits per heavy atom. The first-order valence-electron chi connectivity index (χ1n) is 6.14. The van der Waals surface area contributed by atoms with Crippen molar-refractivity contribution in [2.45, 2.75) is 49.6 Å². The number of esters is 1. The van der Waals surface area contributed by atoms with Gasteiger partial charge in [0.05, 0.1) is 18.8 Å². The largest absolute Gasteiger partial charge is 0.453 e. The summed E-state index contributed by atoms with van der Waals surface area (Å²) in [5.74, 6) is -3.92. The number of rotatable bonds is 3. The van der Waals surface area contributed by atoms with Crippen LogP contribution in [-0.4, -0.2) is 75.2 Å². The standard InChI is InChI=1S/C11H17NO8/c1-4(14)12-7-5(15)2-11(18)10(17)19-8(6(16)3-13)9(7)20-11/h5-9,13,15-16,18H,2-3H2,1H3,(H,12,14)/t5?,6?,7?,8?,9-,11+/m0/s1. The summed E-state index contributed by atoms with van der Waals surface area (Å²) in [6.07, 6.45) is -5.67. The van der Waals surface area contributed by atoms with Gasteiger partial charge in [-0.15, -0.1) is 0 Å². The number of aliphatic hydroxyl groups is 4. The van der Waals surface area contributed by atoms with Gasteiger partial charge in [0.2, 0.25) is 5.91 Å². The van der Waals surface area contributed by atoms with Gasteiger partial charge in [0.25, 0.3) is 5.79 Å². The summed E-state index contributed by atoms with van der Waals surface area (Å²) in [5, 5.41) is 41.0. The Morgan fingerprint density at radius 2 is 2.25 bits per heavy atom. The SMILES string of the molecule is CC(=O)NC1C(O)C[C@@]2(O)O[C@@H]1C(C(O)CO)OC2=O. The van der Waals surface area contributed by atoms with E-state index in [0.717, 1.165) is 0 Å². The minimum Gasteiger partial charge on any atom is -0.453 e. The molecule has 20 heavy (non-hydrogen) atoms. The van der Waals surface area contributed by atoms with Crippen LogP contribution in [0.4, 0.5) is 0 Å². The molecule has 9 nitrogen and oxygen atoms in total. The topological polar surface area (TPSA) is 146 Å². The number of carbonyl (C=O) groups excluding carboxylic acids is 2. The van der Waals surface area contributed by atoms with Gasteiger partial charge in [0.15, 0.2) is 6.10 Å². The summed E-state index contributed by atoms with van der Waals surface area (Å²) in [6, 6.07) is -0.980. The van der Waals surface area contributed by atoms with Gasteiger partial charge < -0.3 is 35.2 Å². The summed E-state index contributed by atoms with van der Waals surface area (Å²) in [5.41, 5.74) is 0. The fourth-order valence-electron chi connectivity index (χ4n) is 2.48. The molecule has 0 aliphatic carbocycles. The third-order valence-electron chi connectivity index (χ3n) is 3.41. The van der Waals surface area contributed by atoms with Crippen molar-refractivity contribution in [3.8, 4) is 0 Å². The number of hydrogen-bond donors (Lipinski definition) is 5. The van der Waals surface area contributed by atoms with E-state index in [1.165, 1.54) is 6.92 Å². The fourth-order valence-corrected chi connectivity index (χ4v) is 2.48. The summed E-state index contributed by atoms with van der Waals surface area (Å²) in [6.45, 7) is 0.513. The third kappa shape index (κ3) is 2.50. The van der Waals surface area contributed by atoms with Crippen molar-refractivity contribution in [1.82, 2.24) is 5.32 Å². The molecule has 2 saturated heterocycles. The number of amides is 1. The number of hydrogen-bond acceptors (Lipinski definition) is 8. The van der Waals surface area contributed by atoms with Crippen LogP contribution >= 0.6 is 0 Å². The Kier molecular flexibility index (Phi) is 3.98. The molecule has 0 radical (unpaired) electrons. The lowest BCUT2D eigenvalue weighted by Crippen LogP contribution is -2.71. The molecular formula is C11H17NO8. The van der Waals surface area contributed by atoms with Crippen molar-refractivity contribution in [3.05, 3.63) is 0 Å². The molecule has 2 fully saturated rings. The lowest BCUT2D eigenvalue weighted by molar-refractivity contribution is -0.330. The zero-order valence-corrected chi connectivity index (χ0v) is 10.7. The maximum atomic E-state index is 11.6. The molecule has 4 unspecified atom stereocenters. The third-order valence-corrected chi connectivity index (χ3v) is 3.41. The van der Waals surface area contributed by atoms with E-state index in [9.17, 15) is 24.9 Å². The Bertz CT molecular complexity index is 413. The summed E-state index contributed by atoms with van der Waals surface area (Å²) in [7, 11) is 0. The molecule has 0 aromatic heterocycles. The molecule has 6 atom stereocenters. The van der Waals surface area contributed by atoms with Crippen molar-refractivity contribution >= 4 is 11.9 Å². The number of ether oxygens (including phenoxy) is 2. The van der Waals surface area contributed by atoms with Gasteiger partial charge in [0, 0.05) is 13.3 Å². The zero-order chi connectivity index (χ0) is 15.1. The molecular weight excluding hydrogens is 274 g/mol. The van der Waals surface area contributed by atoms with Crippen LogP contribution in [0.5, 0.6) is 0 Å². The van der Waals surface area contributed by atoms with Crippen molar-refractivity contribution in [2.24, 2.45) is 0 Å². The van der Waals surface area contributed by atoms with Crippen LogP contribution in [0.3, 0.4) is 0 Å². The smallest absolute Gasteiger partial charge is 0.367 e. The minimum absolute atomic E-state index is 0.461. The van der Waals surface area contributed by atoms with Gasteiger partial charge in [-0.1, -0.05) is 0 Å². The quantitative estimate of drug-likeness (QED) is 0.338. The molecule has 9 heteroatoms. The highest BCUT2D eigenvalue weighted by atomic mass is 16.7. The van der Waals surface area contributed by atoms with Crippen molar-refractivity contribution in [2.75, 3.05) is 6.61 Å². The van der Waals surface area contributed by atoms with E-state index in [4.69, 9.17) is 14.6 Å². The summed E-state index contributed by atoms with van der Waals surface area (Å²) >= 11 is 0. The number of aliphatic hydroxyl groups excluding tert-OH is 3. The maximum absolute atomic E-state index is 11.6. The average Bonchev–Trinajstić information content (AvgIpc) is 2.36. The molecule has 2 rings (SSSR count). The lowest BCUT2D eigenvalue weighted by atomic mass is 9.86. The van der Waals surface area contributed by atoms with Gasteiger partial charge in [-0.2, -0.15) is 0 Å². The van der Waals surface area contributed by atoms with Crippen LogP contribution in [-0.2, 0) is 19.1 Å². The van der Waals surface area contributed by atoms with Crippen LogP contribution in [0.25, 0.3) is 0 Å². The van der Waals surface area contributed by atoms with Crippen LogP contribution in [0.1, 0.15) is 13.3 Å². The Labute approximate surface area is 114 Å². The molecule has 5 N–H and O–H groups in total. The lowest BCUT2D eigenvalue weighted by Gasteiger charge is -2.49. The monoisotopic (exact) mass is 291 g/mol. The fraction of sp³-hybridized carbons (Fsp3) is 0.818. The normalized spacial score (nSPS) is 41.8. The molecule has 114 valence electrons. The number of cyclic esters (lactones) is 1. The van der Waals surface area contributed by atoms with E-state index < -0.39 is 61.1 Å². The van der Waals surface area contributed by atoms with Gasteiger partial charge in [0.1, 0.15) is 12.2 Å². The molecule has 2 aliphatic heterocycles. The Morgan fingerprint density at radius 3 is 2.80 bits per heavy atom. The van der Waals surface area contributed by atoms with Gasteiger partial charge in [-0.05, 0) is 0 Å². The molecule has 1 amide bonds. The van der Waals surface area contributed by atoms with Crippen molar-refractivity contribution in [3.63, 3.8) is 0 Å². The molecule has 0 spiro atoms. The molecule has 0 aromatic carbocycles. The highest BCUT2D eigenvalue weighted by molar-refractivity contribution is 5.79. The molecule has 2 bridgehead atoms. The van der Waals surface area contributed by atoms with E-state index in [1.54, 1.807) is 0 Å². The average molecular weight is 291 g/mol. The highest BCUT2D eigenvalue weighted by Gasteiger charge is 2.60. The predicted molar refractivity (Wildman–Crippen MR) is 61.0 cm³/mol. The maximum Gasteiger partial charge on any atom is 0.367 e. The molecule has 2 aliphatic rings. The van der Waals surface area contributed by atoms with E-state index in [0.29, 0.717) is 0 Å². The van der Waals surface area contributed by atoms with Crippen LogP contribution in [0.2, 0.25) is 0 Å². The van der Waals surface area contributed by atoms with E-state index in [2.05, 4.69) is 5.32 Å². The zero-order valence-electron chi connectivity index (χ0n) is 10.7. The van der Waals surface area contributed by atoms with Gasteiger partial charge in [-0.3, -0.25) is 4.79 Å². The predicted octanol–water partition coefficient (Wildman–Crippen LogP) is -3.39. The van der Waals surface area contributed by atoms with Crippen LogP contribution < -0.4 is 5.32 Å². The molecule has 0 aromatic rings. The second kappa shape index (κ2) is 5.26. The molecule has 0 saturated carbocycles. The van der Waals surface area contributed by atoms with Gasteiger partial charge in [-0.25, -0.2) is 4.79 Å². The minimum atomic E-state index is -2.31. The first-order valence-corrected chi connectivity index (χ1v) is 6.14. The first-order chi connectivity index (χ1) is 9.28. The second-order valence-corrected chi connectivity index (χ2v) is 4.98.